The molecular weight excluding hydrogens is 740 g/mol. The first kappa shape index (κ1) is 40.2. The van der Waals surface area contributed by atoms with Gasteiger partial charge in [0, 0.05) is 73.6 Å². The molecule has 16 heteroatoms. The van der Waals surface area contributed by atoms with E-state index < -0.39 is 18.4 Å². The Balaban J connectivity index is 1.52. The van der Waals surface area contributed by atoms with Crippen molar-refractivity contribution in [3.8, 4) is 6.19 Å². The monoisotopic (exact) mass is 779 g/mol. The van der Waals surface area contributed by atoms with E-state index in [2.05, 4.69) is 15.4 Å². The van der Waals surface area contributed by atoms with Crippen LogP contribution in [0.25, 0.3) is 0 Å². The van der Waals surface area contributed by atoms with Gasteiger partial charge in [-0.15, -0.1) is 0 Å². The quantitative estimate of drug-likeness (QED) is 0.114. The minimum absolute atomic E-state index is 0.00408. The first-order valence-electron chi connectivity index (χ1n) is 16.7. The van der Waals surface area contributed by atoms with Crippen molar-refractivity contribution < 1.29 is 24.0 Å². The number of oxime groups is 1. The maximum atomic E-state index is 13.5. The van der Waals surface area contributed by atoms with Gasteiger partial charge in [0.05, 0.1) is 22.3 Å². The van der Waals surface area contributed by atoms with Gasteiger partial charge in [0.25, 0.3) is 11.8 Å². The number of nitrogens with one attached hydrogen (secondary N) is 2. The van der Waals surface area contributed by atoms with Crippen molar-refractivity contribution in [3.63, 3.8) is 0 Å². The van der Waals surface area contributed by atoms with E-state index >= 15 is 0 Å². The van der Waals surface area contributed by atoms with Gasteiger partial charge < -0.3 is 24.9 Å². The molecule has 0 aromatic heterocycles. The summed E-state index contributed by atoms with van der Waals surface area (Å²) in [4.78, 5) is 61.9. The van der Waals surface area contributed by atoms with Crippen LogP contribution in [0.3, 0.4) is 0 Å². The van der Waals surface area contributed by atoms with Crippen molar-refractivity contribution >= 4 is 75.7 Å². The number of rotatable bonds is 14. The number of carbonyl (C=O) groups is 4. The van der Waals surface area contributed by atoms with Gasteiger partial charge in [-0.25, -0.2) is 0 Å². The van der Waals surface area contributed by atoms with Crippen molar-refractivity contribution in [2.45, 2.75) is 50.5 Å². The number of nitrogens with zero attached hydrogens (tertiary/aromatic N) is 5. The van der Waals surface area contributed by atoms with Crippen molar-refractivity contribution in [1.29, 1.82) is 5.26 Å². The molecule has 2 fully saturated rings. The topological polar surface area (TPSA) is 147 Å². The third kappa shape index (κ3) is 11.4. The van der Waals surface area contributed by atoms with Crippen LogP contribution in [-0.4, -0.2) is 104 Å². The Labute approximate surface area is 317 Å². The number of hydrogen-bond acceptors (Lipinski definition) is 8. The van der Waals surface area contributed by atoms with Gasteiger partial charge in [-0.2, -0.15) is 5.26 Å². The number of likely N-dealkylation sites (tertiary alicyclic amines) is 2. The second-order valence-electron chi connectivity index (χ2n) is 12.7. The summed E-state index contributed by atoms with van der Waals surface area (Å²) in [5, 5.41) is 19.1. The van der Waals surface area contributed by atoms with E-state index in [-0.39, 0.29) is 48.2 Å². The van der Waals surface area contributed by atoms with Crippen LogP contribution < -0.4 is 10.6 Å². The molecule has 2 aromatic rings. The van der Waals surface area contributed by atoms with Crippen LogP contribution in [0.5, 0.6) is 0 Å². The molecule has 2 aliphatic heterocycles. The Bertz CT molecular complexity index is 1640. The van der Waals surface area contributed by atoms with E-state index in [1.54, 1.807) is 32.4 Å². The van der Waals surface area contributed by atoms with Gasteiger partial charge in [0.2, 0.25) is 11.8 Å². The van der Waals surface area contributed by atoms with Crippen LogP contribution in [0.2, 0.25) is 20.1 Å². The fourth-order valence-corrected chi connectivity index (χ4v) is 7.40. The van der Waals surface area contributed by atoms with Gasteiger partial charge in [0.15, 0.2) is 12.8 Å². The van der Waals surface area contributed by atoms with Crippen LogP contribution in [0.15, 0.2) is 41.6 Å². The molecule has 2 N–H and O–H groups in total. The number of piperidine rings is 2. The van der Waals surface area contributed by atoms with Crippen molar-refractivity contribution in [2.75, 3.05) is 53.4 Å². The number of halogens is 4. The molecule has 0 aliphatic carbocycles. The molecule has 0 spiro atoms. The zero-order valence-electron chi connectivity index (χ0n) is 28.5. The summed E-state index contributed by atoms with van der Waals surface area (Å²) < 4.78 is 0. The Hall–Kier alpha value is -3.60. The molecular formula is C35H41Cl4N7O5. The van der Waals surface area contributed by atoms with Gasteiger partial charge in [-0.05, 0) is 74.5 Å². The summed E-state index contributed by atoms with van der Waals surface area (Å²) in [6.07, 6.45) is 5.51. The fourth-order valence-electron chi connectivity index (χ4n) is 6.56. The Morgan fingerprint density at radius 2 is 1.73 bits per heavy atom. The molecule has 2 heterocycles. The highest BCUT2D eigenvalue weighted by Gasteiger charge is 2.36. The maximum absolute atomic E-state index is 13.5. The van der Waals surface area contributed by atoms with Crippen molar-refractivity contribution in [1.82, 2.24) is 25.3 Å². The lowest BCUT2D eigenvalue weighted by atomic mass is 9.89. The SMILES string of the molecule is CNC(=O)CC1CCCN(C2CCN(CCC(/C(CN(C)C(=O)c3cc(Cl)cc(Cl)c3)=N/OCC(=O)NC#N)c3ccc(Cl)c(Cl)c3)CC2)C1=O. The molecule has 2 atom stereocenters. The molecule has 51 heavy (non-hydrogen) atoms. The standard InChI is InChI=1S/C35H41Cl4N7O5/c1-41-32(47)17-23-4-3-10-46(35(23)50)27-7-11-45(12-8-27)13-9-28(22-5-6-29(38)30(39)16-22)31(43-51-20-33(48)42-21-40)19-44(2)34(49)24-14-25(36)18-26(37)15-24/h5-6,14-16,18,23,27-28H,3-4,7-13,17,19-20H2,1-2H3,(H,41,47)(H,42,48)/b43-31+. The lowest BCUT2D eigenvalue weighted by Crippen LogP contribution is -2.52. The van der Waals surface area contributed by atoms with E-state index in [4.69, 9.17) is 56.5 Å². The predicted molar refractivity (Wildman–Crippen MR) is 197 cm³/mol. The molecule has 4 rings (SSSR count). The number of nitriles is 1. The Morgan fingerprint density at radius 1 is 1.02 bits per heavy atom. The molecule has 0 radical (unpaired) electrons. The van der Waals surface area contributed by atoms with Crippen molar-refractivity contribution in [2.24, 2.45) is 11.1 Å². The average Bonchev–Trinajstić information content (AvgIpc) is 3.10. The highest BCUT2D eigenvalue weighted by atomic mass is 35.5. The molecule has 12 nitrogen and oxygen atoms in total. The summed E-state index contributed by atoms with van der Waals surface area (Å²) in [5.41, 5.74) is 1.48. The highest BCUT2D eigenvalue weighted by molar-refractivity contribution is 6.42. The minimum atomic E-state index is -0.681. The van der Waals surface area contributed by atoms with E-state index in [0.717, 1.165) is 44.3 Å². The summed E-state index contributed by atoms with van der Waals surface area (Å²) in [6.45, 7) is 2.35. The second-order valence-corrected chi connectivity index (χ2v) is 14.4. The molecule has 4 amide bonds. The predicted octanol–water partition coefficient (Wildman–Crippen LogP) is 5.36. The molecule has 2 saturated heterocycles. The largest absolute Gasteiger partial charge is 0.386 e. The lowest BCUT2D eigenvalue weighted by Gasteiger charge is -2.42. The third-order valence-electron chi connectivity index (χ3n) is 9.20. The average molecular weight is 782 g/mol. The molecule has 0 saturated carbocycles. The molecule has 2 aromatic carbocycles. The van der Waals surface area contributed by atoms with E-state index in [1.807, 2.05) is 16.3 Å². The fraction of sp³-hybridized carbons (Fsp3) is 0.486. The number of benzene rings is 2. The van der Waals surface area contributed by atoms with Gasteiger partial charge >= 0.3 is 0 Å². The highest BCUT2D eigenvalue weighted by Crippen LogP contribution is 2.32. The van der Waals surface area contributed by atoms with Crippen LogP contribution in [0, 0.1) is 17.4 Å². The minimum Gasteiger partial charge on any atom is -0.386 e. The van der Waals surface area contributed by atoms with Gasteiger partial charge in [-0.1, -0.05) is 57.6 Å². The third-order valence-corrected chi connectivity index (χ3v) is 10.4. The van der Waals surface area contributed by atoms with E-state index in [1.165, 1.54) is 23.1 Å². The van der Waals surface area contributed by atoms with Crippen molar-refractivity contribution in [3.05, 3.63) is 67.6 Å². The number of hydrogen-bond donors (Lipinski definition) is 2. The van der Waals surface area contributed by atoms with Crippen LogP contribution in [0.1, 0.15) is 60.4 Å². The van der Waals surface area contributed by atoms with E-state index in [9.17, 15) is 19.2 Å². The second kappa shape index (κ2) is 19.3. The summed E-state index contributed by atoms with van der Waals surface area (Å²) >= 11 is 25.1. The first-order chi connectivity index (χ1) is 24.4. The van der Waals surface area contributed by atoms with Crippen LogP contribution in [0.4, 0.5) is 0 Å². The van der Waals surface area contributed by atoms with Gasteiger partial charge in [-0.3, -0.25) is 24.5 Å². The molecule has 2 aliphatic rings. The van der Waals surface area contributed by atoms with Crippen LogP contribution >= 0.6 is 46.4 Å². The lowest BCUT2D eigenvalue weighted by molar-refractivity contribution is -0.144. The summed E-state index contributed by atoms with van der Waals surface area (Å²) in [5.74, 6) is -1.82. The Kier molecular flexibility index (Phi) is 15.2. The normalized spacial score (nSPS) is 17.7. The van der Waals surface area contributed by atoms with Gasteiger partial charge in [0.1, 0.15) is 0 Å². The maximum Gasteiger partial charge on any atom is 0.273 e. The summed E-state index contributed by atoms with van der Waals surface area (Å²) in [6, 6.07) is 9.94. The zero-order chi connectivity index (χ0) is 37.1. The smallest absolute Gasteiger partial charge is 0.273 e. The van der Waals surface area contributed by atoms with Crippen LogP contribution in [-0.2, 0) is 19.2 Å². The van der Waals surface area contributed by atoms with E-state index in [0.29, 0.717) is 45.3 Å². The molecule has 2 unspecified atom stereocenters. The molecule has 0 bridgehead atoms. The summed E-state index contributed by atoms with van der Waals surface area (Å²) in [7, 11) is 3.19. The first-order valence-corrected chi connectivity index (χ1v) is 18.2. The Morgan fingerprint density at radius 3 is 2.37 bits per heavy atom. The number of amides is 4. The molecule has 274 valence electrons. The number of carbonyl (C=O) groups excluding carboxylic acids is 4. The zero-order valence-corrected chi connectivity index (χ0v) is 31.5.